The molecule has 2 amide bonds. The molecular formula is C22H20N4O7S. The molecule has 11 nitrogen and oxygen atoms in total. The number of carbonyl (C=O) groups excluding carboxylic acids is 3. The average Bonchev–Trinajstić information content (AvgIpc) is 3.23. The fourth-order valence-corrected chi connectivity index (χ4v) is 5.05. The van der Waals surface area contributed by atoms with E-state index in [1.54, 1.807) is 31.2 Å². The summed E-state index contributed by atoms with van der Waals surface area (Å²) in [6, 6.07) is 8.09. The van der Waals surface area contributed by atoms with Crippen LogP contribution >= 0.6 is 11.8 Å². The molecule has 1 aromatic carbocycles. The van der Waals surface area contributed by atoms with Crippen molar-refractivity contribution in [3.8, 4) is 11.3 Å². The van der Waals surface area contributed by atoms with Gasteiger partial charge in [-0.05, 0) is 12.5 Å². The average molecular weight is 484 g/mol. The van der Waals surface area contributed by atoms with Gasteiger partial charge in [0.05, 0.1) is 6.54 Å². The van der Waals surface area contributed by atoms with Crippen molar-refractivity contribution in [2.45, 2.75) is 18.3 Å². The molecule has 2 aliphatic rings. The van der Waals surface area contributed by atoms with Crippen molar-refractivity contribution in [1.29, 1.82) is 0 Å². The summed E-state index contributed by atoms with van der Waals surface area (Å²) < 4.78 is 5.22. The van der Waals surface area contributed by atoms with Gasteiger partial charge in [0.15, 0.2) is 0 Å². The number of aryl methyl sites for hydroxylation is 1. The molecule has 0 bridgehead atoms. The molecule has 1 saturated heterocycles. The molecule has 34 heavy (non-hydrogen) atoms. The van der Waals surface area contributed by atoms with Crippen molar-refractivity contribution in [2.75, 3.05) is 12.3 Å². The van der Waals surface area contributed by atoms with E-state index in [2.05, 4.69) is 27.4 Å². The third-order valence-corrected chi connectivity index (χ3v) is 6.64. The molecule has 0 spiro atoms. The quantitative estimate of drug-likeness (QED) is 0.283. The van der Waals surface area contributed by atoms with Gasteiger partial charge in [-0.2, -0.15) is 0 Å². The van der Waals surface area contributed by atoms with E-state index in [-0.39, 0.29) is 23.6 Å². The van der Waals surface area contributed by atoms with Crippen molar-refractivity contribution in [3.63, 3.8) is 0 Å². The Morgan fingerprint density at radius 3 is 2.76 bits per heavy atom. The van der Waals surface area contributed by atoms with Crippen molar-refractivity contribution in [2.24, 2.45) is 0 Å². The number of nitrogens with zero attached hydrogens (tertiary/aromatic N) is 2. The molecule has 0 radical (unpaired) electrons. The summed E-state index contributed by atoms with van der Waals surface area (Å²) in [6.07, 6.45) is 0.956. The van der Waals surface area contributed by atoms with Crippen LogP contribution in [-0.4, -0.2) is 62.6 Å². The van der Waals surface area contributed by atoms with Crippen LogP contribution in [0.4, 0.5) is 0 Å². The zero-order valence-electron chi connectivity index (χ0n) is 17.9. The van der Waals surface area contributed by atoms with E-state index in [1.807, 2.05) is 6.07 Å². The predicted molar refractivity (Wildman–Crippen MR) is 120 cm³/mol. The smallest absolute Gasteiger partial charge is 0.352 e. The van der Waals surface area contributed by atoms with E-state index in [1.165, 1.54) is 11.8 Å². The van der Waals surface area contributed by atoms with Crippen LogP contribution < -0.4 is 10.8 Å². The summed E-state index contributed by atoms with van der Waals surface area (Å²) >= 11 is 1.29. The van der Waals surface area contributed by atoms with Gasteiger partial charge in [-0.15, -0.1) is 17.2 Å². The zero-order valence-corrected chi connectivity index (χ0v) is 18.8. The number of hydroxylamine groups is 1. The topological polar surface area (TPSA) is 151 Å². The Balaban J connectivity index is 1.50. The first-order valence-electron chi connectivity index (χ1n) is 10.1. The maximum Gasteiger partial charge on any atom is 0.352 e. The fraction of sp³-hybridized carbons (Fsp3) is 0.227. The van der Waals surface area contributed by atoms with Crippen LogP contribution in [0.5, 0.6) is 0 Å². The van der Waals surface area contributed by atoms with E-state index >= 15 is 0 Å². The zero-order chi connectivity index (χ0) is 24.4. The number of amides is 2. The van der Waals surface area contributed by atoms with Gasteiger partial charge in [0.25, 0.3) is 11.8 Å². The van der Waals surface area contributed by atoms with Gasteiger partial charge in [-0.1, -0.05) is 42.1 Å². The molecule has 12 heteroatoms. The molecule has 3 N–H and O–H groups in total. The standard InChI is InChI=1S/C22H20N4O7S/c1-3-14(27)33-23-9-13-10-34-21-17(20(29)26(21)18(13)22(30)31)24-19(28)15-11(2)32-25-16(15)12-7-5-4-6-8-12/h3-8,17,21,23H,1,9-10H2,2H3,(H,24,28)(H,30,31)/t17?,21-/m0/s1. The molecule has 1 unspecified atom stereocenters. The number of aliphatic carboxylic acids is 1. The Morgan fingerprint density at radius 2 is 2.09 bits per heavy atom. The SMILES string of the molecule is C=CC(=O)ONCC1=C(C(=O)O)N2C(=O)C(NC(=O)c3c(-c4ccccc4)noc3C)[C@@H]2SC1. The second kappa shape index (κ2) is 9.53. The maximum atomic E-state index is 13.1. The minimum atomic E-state index is -1.29. The largest absolute Gasteiger partial charge is 0.477 e. The van der Waals surface area contributed by atoms with Crippen LogP contribution in [0.3, 0.4) is 0 Å². The lowest BCUT2D eigenvalue weighted by Crippen LogP contribution is -2.70. The monoisotopic (exact) mass is 484 g/mol. The number of rotatable bonds is 8. The van der Waals surface area contributed by atoms with E-state index in [4.69, 9.17) is 4.52 Å². The Bertz CT molecular complexity index is 1210. The summed E-state index contributed by atoms with van der Waals surface area (Å²) in [6.45, 7) is 4.78. The summed E-state index contributed by atoms with van der Waals surface area (Å²) in [7, 11) is 0. The van der Waals surface area contributed by atoms with Gasteiger partial charge in [-0.25, -0.2) is 9.59 Å². The highest BCUT2D eigenvalue weighted by Crippen LogP contribution is 2.40. The Kier molecular flexibility index (Phi) is 6.52. The Morgan fingerprint density at radius 1 is 1.35 bits per heavy atom. The number of carboxylic acid groups (broad SMARTS) is 1. The van der Waals surface area contributed by atoms with Gasteiger partial charge in [0, 0.05) is 17.4 Å². The highest BCUT2D eigenvalue weighted by molar-refractivity contribution is 8.00. The first-order valence-corrected chi connectivity index (χ1v) is 11.2. The Labute approximate surface area is 197 Å². The van der Waals surface area contributed by atoms with Crippen molar-refractivity contribution >= 4 is 35.5 Å². The third kappa shape index (κ3) is 4.20. The second-order valence-electron chi connectivity index (χ2n) is 7.39. The van der Waals surface area contributed by atoms with E-state index in [0.717, 1.165) is 11.0 Å². The molecule has 0 aliphatic carbocycles. The summed E-state index contributed by atoms with van der Waals surface area (Å²) in [5, 5.41) is 15.8. The third-order valence-electron chi connectivity index (χ3n) is 5.30. The Hall–Kier alpha value is -3.90. The number of carboxylic acids is 1. The van der Waals surface area contributed by atoms with E-state index in [0.29, 0.717) is 22.6 Å². The lowest BCUT2D eigenvalue weighted by molar-refractivity contribution is -0.149. The molecular weight excluding hydrogens is 464 g/mol. The lowest BCUT2D eigenvalue weighted by Gasteiger charge is -2.49. The summed E-state index contributed by atoms with van der Waals surface area (Å²) in [5.74, 6) is -2.57. The lowest BCUT2D eigenvalue weighted by atomic mass is 10.0. The first-order chi connectivity index (χ1) is 16.3. The minimum Gasteiger partial charge on any atom is -0.477 e. The number of carbonyl (C=O) groups is 4. The number of thioether (sulfide) groups is 1. The van der Waals surface area contributed by atoms with Gasteiger partial charge in [0.1, 0.15) is 34.1 Å². The summed E-state index contributed by atoms with van der Waals surface area (Å²) in [5.41, 5.74) is 3.78. The molecule has 3 heterocycles. The molecule has 2 aliphatic heterocycles. The fourth-order valence-electron chi connectivity index (χ4n) is 3.70. The van der Waals surface area contributed by atoms with Crippen molar-refractivity contribution < 1.29 is 33.6 Å². The number of benzene rings is 1. The second-order valence-corrected chi connectivity index (χ2v) is 8.50. The van der Waals surface area contributed by atoms with Crippen LogP contribution in [0.1, 0.15) is 16.1 Å². The first kappa shape index (κ1) is 23.3. The highest BCUT2D eigenvalue weighted by Gasteiger charge is 2.54. The van der Waals surface area contributed by atoms with Crippen LogP contribution in [0.25, 0.3) is 11.3 Å². The van der Waals surface area contributed by atoms with Gasteiger partial charge >= 0.3 is 11.9 Å². The molecule has 176 valence electrons. The normalized spacial score (nSPS) is 19.2. The minimum absolute atomic E-state index is 0.0813. The molecule has 4 rings (SSSR count). The van der Waals surface area contributed by atoms with E-state index in [9.17, 15) is 24.3 Å². The molecule has 0 saturated carbocycles. The van der Waals surface area contributed by atoms with Crippen molar-refractivity contribution in [3.05, 3.63) is 65.6 Å². The number of hydrogen-bond acceptors (Lipinski definition) is 9. The van der Waals surface area contributed by atoms with Gasteiger partial charge in [0.2, 0.25) is 0 Å². The van der Waals surface area contributed by atoms with Crippen molar-refractivity contribution in [1.82, 2.24) is 20.9 Å². The number of β-lactam (4-membered cyclic amide) rings is 1. The maximum absolute atomic E-state index is 13.1. The number of hydrogen-bond donors (Lipinski definition) is 3. The number of aromatic nitrogens is 1. The van der Waals surface area contributed by atoms with Crippen LogP contribution in [-0.2, 0) is 19.2 Å². The predicted octanol–water partition coefficient (Wildman–Crippen LogP) is 1.24. The molecule has 2 atom stereocenters. The van der Waals surface area contributed by atoms with Crippen LogP contribution in [0.15, 0.2) is 58.8 Å². The van der Waals surface area contributed by atoms with Gasteiger partial charge in [-0.3, -0.25) is 14.5 Å². The highest BCUT2D eigenvalue weighted by atomic mass is 32.2. The van der Waals surface area contributed by atoms with Gasteiger partial charge < -0.3 is 19.8 Å². The van der Waals surface area contributed by atoms with Crippen LogP contribution in [0, 0.1) is 6.92 Å². The van der Waals surface area contributed by atoms with E-state index < -0.39 is 35.2 Å². The number of nitrogens with one attached hydrogen (secondary N) is 2. The molecule has 1 fully saturated rings. The number of fused-ring (bicyclic) bond motifs is 1. The van der Waals surface area contributed by atoms with Crippen LogP contribution in [0.2, 0.25) is 0 Å². The summed E-state index contributed by atoms with van der Waals surface area (Å²) in [4.78, 5) is 54.8. The molecule has 2 aromatic rings. The molecule has 1 aromatic heterocycles.